The van der Waals surface area contributed by atoms with Gasteiger partial charge in [-0.05, 0) is 50.6 Å². The van der Waals surface area contributed by atoms with Crippen LogP contribution in [-0.2, 0) is 11.2 Å². The minimum atomic E-state index is -0.0314. The number of rotatable bonds is 6. The molecule has 3 aliphatic rings. The van der Waals surface area contributed by atoms with Crippen LogP contribution in [0.1, 0.15) is 37.7 Å². The molecule has 4 rings (SSSR count). The van der Waals surface area contributed by atoms with Crippen molar-refractivity contribution in [3.8, 4) is 0 Å². The summed E-state index contributed by atoms with van der Waals surface area (Å²) in [5.74, 6) is 0. The van der Waals surface area contributed by atoms with Gasteiger partial charge in [0.05, 0.1) is 18.2 Å². The van der Waals surface area contributed by atoms with Crippen molar-refractivity contribution in [2.45, 2.75) is 62.8 Å². The van der Waals surface area contributed by atoms with Gasteiger partial charge in [-0.2, -0.15) is 0 Å². The van der Waals surface area contributed by atoms with Crippen molar-refractivity contribution >= 4 is 6.03 Å². The van der Waals surface area contributed by atoms with Gasteiger partial charge in [0.25, 0.3) is 0 Å². The molecular weight excluding hydrogens is 314 g/mol. The zero-order valence-corrected chi connectivity index (χ0v) is 14.8. The number of hydrogen-bond donors (Lipinski definition) is 2. The fraction of sp³-hybridized carbons (Fsp3) is 0.650. The highest BCUT2D eigenvalue weighted by Gasteiger charge is 2.41. The lowest BCUT2D eigenvalue weighted by Gasteiger charge is -2.26. The summed E-state index contributed by atoms with van der Waals surface area (Å²) in [6.45, 7) is 2.95. The molecule has 0 saturated carbocycles. The molecule has 3 saturated heterocycles. The van der Waals surface area contributed by atoms with Crippen LogP contribution in [0.2, 0.25) is 0 Å². The Labute approximate surface area is 150 Å². The van der Waals surface area contributed by atoms with Crippen molar-refractivity contribution in [1.29, 1.82) is 0 Å². The second-order valence-electron chi connectivity index (χ2n) is 7.64. The molecular formula is C20H29N3O2. The maximum atomic E-state index is 12.2. The quantitative estimate of drug-likeness (QED) is 0.833. The molecule has 0 unspecified atom stereocenters. The van der Waals surface area contributed by atoms with E-state index in [1.165, 1.54) is 18.4 Å². The highest BCUT2D eigenvalue weighted by molar-refractivity contribution is 5.74. The highest BCUT2D eigenvalue weighted by atomic mass is 16.5. The van der Waals surface area contributed by atoms with Gasteiger partial charge in [0.2, 0.25) is 0 Å². The van der Waals surface area contributed by atoms with Gasteiger partial charge in [0, 0.05) is 19.1 Å². The van der Waals surface area contributed by atoms with Crippen LogP contribution in [0.4, 0.5) is 4.79 Å². The van der Waals surface area contributed by atoms with Crippen LogP contribution in [-0.4, -0.2) is 54.9 Å². The monoisotopic (exact) mass is 343 g/mol. The number of nitrogens with one attached hydrogen (secondary N) is 2. The number of likely N-dealkylation sites (tertiary alicyclic amines) is 1. The standard InChI is InChI=1S/C20H29N3O2/c24-20(22-18-13-17-8-9-19(18)25-17)21-14-16-7-4-11-23(16)12-10-15-5-2-1-3-6-15/h1-3,5-6,16-19H,4,7-14H2,(H2,21,22,24)/t16-,17+,18+,19+/m0/s1. The highest BCUT2D eigenvalue weighted by Crippen LogP contribution is 2.34. The summed E-state index contributed by atoms with van der Waals surface area (Å²) in [6, 6.07) is 11.3. The van der Waals surface area contributed by atoms with Gasteiger partial charge in [0.1, 0.15) is 0 Å². The summed E-state index contributed by atoms with van der Waals surface area (Å²) >= 11 is 0. The van der Waals surface area contributed by atoms with E-state index in [1.807, 2.05) is 0 Å². The molecule has 5 nitrogen and oxygen atoms in total. The summed E-state index contributed by atoms with van der Waals surface area (Å²) in [4.78, 5) is 14.7. The third-order valence-electron chi connectivity index (χ3n) is 5.95. The number of nitrogens with zero attached hydrogens (tertiary/aromatic N) is 1. The van der Waals surface area contributed by atoms with Crippen LogP contribution in [0.5, 0.6) is 0 Å². The number of carbonyl (C=O) groups excluding carboxylic acids is 1. The van der Waals surface area contributed by atoms with Crippen molar-refractivity contribution in [2.75, 3.05) is 19.6 Å². The zero-order valence-electron chi connectivity index (χ0n) is 14.8. The van der Waals surface area contributed by atoms with Crippen molar-refractivity contribution in [3.63, 3.8) is 0 Å². The summed E-state index contributed by atoms with van der Waals surface area (Å²) < 4.78 is 5.80. The molecule has 5 heteroatoms. The minimum Gasteiger partial charge on any atom is -0.373 e. The Bertz CT molecular complexity index is 580. The summed E-state index contributed by atoms with van der Waals surface area (Å²) in [6.07, 6.45) is 7.31. The van der Waals surface area contributed by atoms with Gasteiger partial charge < -0.3 is 15.4 Å². The molecule has 2 N–H and O–H groups in total. The van der Waals surface area contributed by atoms with Gasteiger partial charge in [-0.15, -0.1) is 0 Å². The predicted molar refractivity (Wildman–Crippen MR) is 97.6 cm³/mol. The molecule has 3 aliphatic heterocycles. The Hall–Kier alpha value is -1.59. The van der Waals surface area contributed by atoms with E-state index in [0.29, 0.717) is 12.1 Å². The van der Waals surface area contributed by atoms with E-state index in [1.54, 1.807) is 0 Å². The maximum Gasteiger partial charge on any atom is 0.315 e. The lowest BCUT2D eigenvalue weighted by atomic mass is 9.96. The Morgan fingerprint density at radius 2 is 2.08 bits per heavy atom. The third-order valence-corrected chi connectivity index (χ3v) is 5.95. The molecule has 0 aliphatic carbocycles. The predicted octanol–water partition coefficient (Wildman–Crippen LogP) is 2.31. The Balaban J connectivity index is 1.19. The summed E-state index contributed by atoms with van der Waals surface area (Å²) in [5, 5.41) is 6.21. The molecule has 0 radical (unpaired) electrons. The first-order valence-electron chi connectivity index (χ1n) is 9.76. The molecule has 2 amide bonds. The van der Waals surface area contributed by atoms with Gasteiger partial charge in [-0.1, -0.05) is 30.3 Å². The van der Waals surface area contributed by atoms with Crippen LogP contribution < -0.4 is 10.6 Å². The number of benzene rings is 1. The number of urea groups is 1. The molecule has 0 aromatic heterocycles. The minimum absolute atomic E-state index is 0.0314. The molecule has 0 spiro atoms. The van der Waals surface area contributed by atoms with Crippen LogP contribution in [0.15, 0.2) is 30.3 Å². The third kappa shape index (κ3) is 4.15. The normalized spacial score (nSPS) is 31.4. The van der Waals surface area contributed by atoms with Crippen LogP contribution in [0.25, 0.3) is 0 Å². The number of ether oxygens (including phenoxy) is 1. The lowest BCUT2D eigenvalue weighted by molar-refractivity contribution is 0.0980. The molecule has 3 heterocycles. The van der Waals surface area contributed by atoms with Crippen LogP contribution in [0.3, 0.4) is 0 Å². The first-order valence-corrected chi connectivity index (χ1v) is 9.76. The average molecular weight is 343 g/mol. The fourth-order valence-corrected chi connectivity index (χ4v) is 4.56. The van der Waals surface area contributed by atoms with E-state index < -0.39 is 0 Å². The summed E-state index contributed by atoms with van der Waals surface area (Å²) in [7, 11) is 0. The number of carbonyl (C=O) groups is 1. The van der Waals surface area contributed by atoms with Gasteiger partial charge in [0.15, 0.2) is 0 Å². The molecule has 2 bridgehead atoms. The SMILES string of the molecule is O=C(NC[C@@H]1CCCN1CCc1ccccc1)N[C@@H]1C[C@H]2CC[C@H]1O2. The van der Waals surface area contributed by atoms with E-state index in [-0.39, 0.29) is 18.2 Å². The van der Waals surface area contributed by atoms with E-state index in [0.717, 1.165) is 45.3 Å². The van der Waals surface area contributed by atoms with Crippen LogP contribution >= 0.6 is 0 Å². The Kier molecular flexibility index (Phi) is 5.22. The van der Waals surface area contributed by atoms with Crippen molar-refractivity contribution in [2.24, 2.45) is 0 Å². The zero-order chi connectivity index (χ0) is 17.1. The Morgan fingerprint density at radius 1 is 1.20 bits per heavy atom. The smallest absolute Gasteiger partial charge is 0.315 e. The topological polar surface area (TPSA) is 53.6 Å². The van der Waals surface area contributed by atoms with Crippen molar-refractivity contribution in [1.82, 2.24) is 15.5 Å². The maximum absolute atomic E-state index is 12.2. The first kappa shape index (κ1) is 16.9. The van der Waals surface area contributed by atoms with Gasteiger partial charge >= 0.3 is 6.03 Å². The molecule has 3 fully saturated rings. The molecule has 1 aromatic carbocycles. The lowest BCUT2D eigenvalue weighted by Crippen LogP contribution is -2.49. The van der Waals surface area contributed by atoms with Gasteiger partial charge in [-0.3, -0.25) is 4.90 Å². The fourth-order valence-electron chi connectivity index (χ4n) is 4.56. The first-order chi connectivity index (χ1) is 12.3. The second kappa shape index (κ2) is 7.75. The molecule has 4 atom stereocenters. The van der Waals surface area contributed by atoms with Crippen molar-refractivity contribution in [3.05, 3.63) is 35.9 Å². The number of hydrogen-bond acceptors (Lipinski definition) is 3. The van der Waals surface area contributed by atoms with Crippen molar-refractivity contribution < 1.29 is 9.53 Å². The number of fused-ring (bicyclic) bond motifs is 2. The average Bonchev–Trinajstić information content (AvgIpc) is 3.36. The molecule has 136 valence electrons. The summed E-state index contributed by atoms with van der Waals surface area (Å²) in [5.41, 5.74) is 1.38. The van der Waals surface area contributed by atoms with E-state index in [4.69, 9.17) is 4.74 Å². The second-order valence-corrected chi connectivity index (χ2v) is 7.64. The van der Waals surface area contributed by atoms with E-state index in [9.17, 15) is 4.79 Å². The molecule has 1 aromatic rings. The van der Waals surface area contributed by atoms with Crippen LogP contribution in [0, 0.1) is 0 Å². The molecule has 25 heavy (non-hydrogen) atoms. The largest absolute Gasteiger partial charge is 0.373 e. The number of amides is 2. The Morgan fingerprint density at radius 3 is 2.84 bits per heavy atom. The van der Waals surface area contributed by atoms with E-state index >= 15 is 0 Å². The van der Waals surface area contributed by atoms with Gasteiger partial charge in [-0.25, -0.2) is 4.79 Å². The van der Waals surface area contributed by atoms with E-state index in [2.05, 4.69) is 45.9 Å².